The van der Waals surface area contributed by atoms with Crippen molar-refractivity contribution in [2.75, 3.05) is 12.3 Å². The molecule has 0 heterocycles. The van der Waals surface area contributed by atoms with Crippen LogP contribution in [0.5, 0.6) is 0 Å². The molecule has 1 fully saturated rings. The minimum Gasteiger partial charge on any atom is -0.313 e. The Morgan fingerprint density at radius 1 is 1.27 bits per heavy atom. The minimum absolute atomic E-state index is 0.794. The molecule has 0 aliphatic heterocycles. The molecule has 1 aliphatic carbocycles. The first-order valence-electron chi connectivity index (χ1n) is 6.59. The van der Waals surface area contributed by atoms with E-state index in [1.165, 1.54) is 44.4 Å². The minimum atomic E-state index is 0.794. The summed E-state index contributed by atoms with van der Waals surface area (Å²) in [5, 5.41) is 4.61. The quantitative estimate of drug-likeness (QED) is 0.745. The third-order valence-electron chi connectivity index (χ3n) is 3.00. The van der Waals surface area contributed by atoms with E-state index in [-0.39, 0.29) is 0 Å². The first-order valence-corrected chi connectivity index (χ1v) is 7.64. The fraction of sp³-hybridized carbons (Fsp3) is 1.00. The summed E-state index contributed by atoms with van der Waals surface area (Å²) in [5.74, 6) is 2.17. The summed E-state index contributed by atoms with van der Waals surface area (Å²) < 4.78 is 0. The first kappa shape index (κ1) is 13.4. The van der Waals surface area contributed by atoms with Crippen LogP contribution in [0.2, 0.25) is 0 Å². The monoisotopic (exact) mass is 229 g/mol. The average Bonchev–Trinajstić information content (AvgIpc) is 2.24. The molecule has 0 amide bonds. The molecule has 2 heteroatoms. The largest absolute Gasteiger partial charge is 0.313 e. The molecule has 2 atom stereocenters. The Kier molecular flexibility index (Phi) is 6.74. The van der Waals surface area contributed by atoms with Gasteiger partial charge in [-0.1, -0.05) is 33.6 Å². The third kappa shape index (κ3) is 5.26. The van der Waals surface area contributed by atoms with Gasteiger partial charge in [-0.25, -0.2) is 0 Å². The molecule has 1 N–H and O–H groups in total. The van der Waals surface area contributed by atoms with E-state index in [0.29, 0.717) is 0 Å². The van der Waals surface area contributed by atoms with E-state index in [1.54, 1.807) is 0 Å². The maximum Gasteiger partial charge on any atom is 0.0201 e. The van der Waals surface area contributed by atoms with Crippen LogP contribution >= 0.6 is 11.8 Å². The van der Waals surface area contributed by atoms with E-state index in [0.717, 1.165) is 17.2 Å². The molecule has 1 rings (SSSR count). The number of hydrogen-bond donors (Lipinski definition) is 1. The summed E-state index contributed by atoms with van der Waals surface area (Å²) in [5.41, 5.74) is 0. The summed E-state index contributed by atoms with van der Waals surface area (Å²) in [6.45, 7) is 8.10. The van der Waals surface area contributed by atoms with Crippen molar-refractivity contribution in [3.05, 3.63) is 0 Å². The van der Waals surface area contributed by atoms with Crippen molar-refractivity contribution in [2.24, 2.45) is 5.92 Å². The number of thioether (sulfide) groups is 1. The van der Waals surface area contributed by atoms with Crippen molar-refractivity contribution < 1.29 is 0 Å². The van der Waals surface area contributed by atoms with Gasteiger partial charge in [0.2, 0.25) is 0 Å². The molecular weight excluding hydrogens is 202 g/mol. The van der Waals surface area contributed by atoms with Crippen LogP contribution in [0.15, 0.2) is 0 Å². The van der Waals surface area contributed by atoms with Crippen LogP contribution in [0.25, 0.3) is 0 Å². The number of nitrogens with one attached hydrogen (secondary N) is 1. The van der Waals surface area contributed by atoms with E-state index >= 15 is 0 Å². The highest BCUT2D eigenvalue weighted by Gasteiger charge is 2.24. The SMILES string of the molecule is CCCNC1CCCCC1SCC(C)C. The second-order valence-corrected chi connectivity index (χ2v) is 6.38. The van der Waals surface area contributed by atoms with Gasteiger partial charge in [-0.3, -0.25) is 0 Å². The standard InChI is InChI=1S/C13H27NS/c1-4-9-14-12-7-5-6-8-13(12)15-10-11(2)3/h11-14H,4-10H2,1-3H3. The Hall–Kier alpha value is 0.310. The van der Waals surface area contributed by atoms with Gasteiger partial charge < -0.3 is 5.32 Å². The molecule has 0 bridgehead atoms. The van der Waals surface area contributed by atoms with E-state index in [1.807, 2.05) is 0 Å². The molecule has 0 spiro atoms. The second-order valence-electron chi connectivity index (χ2n) is 5.11. The van der Waals surface area contributed by atoms with Crippen molar-refractivity contribution in [1.82, 2.24) is 5.32 Å². The normalized spacial score (nSPS) is 27.2. The number of hydrogen-bond acceptors (Lipinski definition) is 2. The molecule has 1 nitrogen and oxygen atoms in total. The van der Waals surface area contributed by atoms with Gasteiger partial charge in [0.25, 0.3) is 0 Å². The van der Waals surface area contributed by atoms with Crippen LogP contribution < -0.4 is 5.32 Å². The lowest BCUT2D eigenvalue weighted by Crippen LogP contribution is -2.41. The smallest absolute Gasteiger partial charge is 0.0201 e. The summed E-state index contributed by atoms with van der Waals surface area (Å²) in [4.78, 5) is 0. The second kappa shape index (κ2) is 7.56. The lowest BCUT2D eigenvalue weighted by atomic mass is 9.95. The molecule has 0 aromatic rings. The van der Waals surface area contributed by atoms with E-state index < -0.39 is 0 Å². The maximum absolute atomic E-state index is 3.72. The van der Waals surface area contributed by atoms with Gasteiger partial charge in [-0.05, 0) is 37.5 Å². The summed E-state index contributed by atoms with van der Waals surface area (Å²) >= 11 is 2.20. The maximum atomic E-state index is 3.72. The van der Waals surface area contributed by atoms with E-state index in [4.69, 9.17) is 0 Å². The molecule has 0 aromatic carbocycles. The molecule has 0 saturated heterocycles. The van der Waals surface area contributed by atoms with Gasteiger partial charge in [-0.2, -0.15) is 11.8 Å². The van der Waals surface area contributed by atoms with Crippen molar-refractivity contribution in [2.45, 2.75) is 64.2 Å². The summed E-state index contributed by atoms with van der Waals surface area (Å²) in [7, 11) is 0. The molecular formula is C13H27NS. The molecule has 90 valence electrons. The van der Waals surface area contributed by atoms with Crippen LogP contribution in [0.1, 0.15) is 52.9 Å². The number of rotatable bonds is 6. The Balaban J connectivity index is 2.29. The highest BCUT2D eigenvalue weighted by molar-refractivity contribution is 7.99. The molecule has 0 radical (unpaired) electrons. The Labute approximate surface area is 99.8 Å². The topological polar surface area (TPSA) is 12.0 Å². The summed E-state index contributed by atoms with van der Waals surface area (Å²) in [6, 6.07) is 0.794. The van der Waals surface area contributed by atoms with Crippen LogP contribution in [-0.4, -0.2) is 23.6 Å². The van der Waals surface area contributed by atoms with Gasteiger partial charge in [0, 0.05) is 11.3 Å². The van der Waals surface area contributed by atoms with Gasteiger partial charge in [0.1, 0.15) is 0 Å². The van der Waals surface area contributed by atoms with Crippen molar-refractivity contribution in [1.29, 1.82) is 0 Å². The molecule has 2 unspecified atom stereocenters. The summed E-state index contributed by atoms with van der Waals surface area (Å²) in [6.07, 6.45) is 6.97. The fourth-order valence-electron chi connectivity index (χ4n) is 2.18. The lowest BCUT2D eigenvalue weighted by Gasteiger charge is -2.32. The predicted octanol–water partition coefficient (Wildman–Crippen LogP) is 3.69. The van der Waals surface area contributed by atoms with Crippen LogP contribution in [-0.2, 0) is 0 Å². The molecule has 15 heavy (non-hydrogen) atoms. The molecule has 0 aromatic heterocycles. The van der Waals surface area contributed by atoms with E-state index in [9.17, 15) is 0 Å². The Morgan fingerprint density at radius 3 is 2.67 bits per heavy atom. The van der Waals surface area contributed by atoms with Gasteiger partial charge in [-0.15, -0.1) is 0 Å². The first-order chi connectivity index (χ1) is 7.24. The molecule has 1 saturated carbocycles. The Morgan fingerprint density at radius 2 is 2.00 bits per heavy atom. The van der Waals surface area contributed by atoms with Crippen molar-refractivity contribution in [3.63, 3.8) is 0 Å². The Bertz CT molecular complexity index is 159. The zero-order chi connectivity index (χ0) is 11.1. The third-order valence-corrected chi connectivity index (χ3v) is 4.85. The molecule has 1 aliphatic rings. The van der Waals surface area contributed by atoms with Crippen molar-refractivity contribution in [3.8, 4) is 0 Å². The zero-order valence-corrected chi connectivity index (χ0v) is 11.4. The predicted molar refractivity (Wildman–Crippen MR) is 71.6 cm³/mol. The van der Waals surface area contributed by atoms with Crippen LogP contribution in [0.3, 0.4) is 0 Å². The highest BCUT2D eigenvalue weighted by atomic mass is 32.2. The zero-order valence-electron chi connectivity index (χ0n) is 10.6. The van der Waals surface area contributed by atoms with Gasteiger partial charge >= 0.3 is 0 Å². The fourth-order valence-corrected chi connectivity index (χ4v) is 3.61. The van der Waals surface area contributed by atoms with Gasteiger partial charge in [0.15, 0.2) is 0 Å². The van der Waals surface area contributed by atoms with Crippen LogP contribution in [0.4, 0.5) is 0 Å². The van der Waals surface area contributed by atoms with E-state index in [2.05, 4.69) is 37.8 Å². The highest BCUT2D eigenvalue weighted by Crippen LogP contribution is 2.29. The van der Waals surface area contributed by atoms with Crippen LogP contribution in [0, 0.1) is 5.92 Å². The van der Waals surface area contributed by atoms with Gasteiger partial charge in [0.05, 0.1) is 0 Å². The average molecular weight is 229 g/mol. The lowest BCUT2D eigenvalue weighted by molar-refractivity contribution is 0.384. The van der Waals surface area contributed by atoms with Crippen molar-refractivity contribution >= 4 is 11.8 Å².